The quantitative estimate of drug-likeness (QED) is 0.542. The summed E-state index contributed by atoms with van der Waals surface area (Å²) in [4.78, 5) is 25.6. The number of nitrogens with one attached hydrogen (secondary N) is 2. The number of carbonyl (C=O) groups excluding carboxylic acids is 2. The molecule has 8 heteroatoms. The van der Waals surface area contributed by atoms with Crippen LogP contribution >= 0.6 is 11.8 Å². The highest BCUT2D eigenvalue weighted by atomic mass is 32.2. The zero-order valence-electron chi connectivity index (χ0n) is 16.0. The molecule has 0 bridgehead atoms. The van der Waals surface area contributed by atoms with Crippen molar-refractivity contribution in [2.24, 2.45) is 0 Å². The van der Waals surface area contributed by atoms with Crippen molar-refractivity contribution in [2.75, 3.05) is 12.8 Å². The number of rotatable bonds is 5. The third-order valence-electron chi connectivity index (χ3n) is 5.05. The predicted octanol–water partition coefficient (Wildman–Crippen LogP) is 0.911. The lowest BCUT2D eigenvalue weighted by atomic mass is 9.91. The molecular weight excluding hydrogens is 380 g/mol. The molecule has 4 N–H and O–H groups in total. The van der Waals surface area contributed by atoms with Gasteiger partial charge in [-0.2, -0.15) is 0 Å². The van der Waals surface area contributed by atoms with Crippen LogP contribution in [0.3, 0.4) is 0 Å². The fourth-order valence-corrected chi connectivity index (χ4v) is 4.03. The van der Waals surface area contributed by atoms with Crippen molar-refractivity contribution in [3.8, 4) is 5.75 Å². The summed E-state index contributed by atoms with van der Waals surface area (Å²) in [5.41, 5.74) is 1.35. The Kier molecular flexibility index (Phi) is 6.64. The number of ether oxygens (including phenoxy) is 1. The van der Waals surface area contributed by atoms with Gasteiger partial charge in [0.25, 0.3) is 0 Å². The second-order valence-corrected chi connectivity index (χ2v) is 7.98. The molecule has 28 heavy (non-hydrogen) atoms. The summed E-state index contributed by atoms with van der Waals surface area (Å²) in [6.07, 6.45) is 1.79. The summed E-state index contributed by atoms with van der Waals surface area (Å²) in [5.74, 6) is -0.0691. The molecular formula is C20H26N2O5S. The molecule has 0 radical (unpaired) electrons. The minimum atomic E-state index is -1.14. The third kappa shape index (κ3) is 4.68. The molecule has 3 rings (SSSR count). The van der Waals surface area contributed by atoms with E-state index in [2.05, 4.69) is 10.6 Å². The molecule has 0 aromatic heterocycles. The van der Waals surface area contributed by atoms with E-state index in [1.54, 1.807) is 17.8 Å². The molecule has 1 aliphatic heterocycles. The first-order valence-corrected chi connectivity index (χ1v) is 10.6. The van der Waals surface area contributed by atoms with E-state index in [0.29, 0.717) is 24.3 Å². The van der Waals surface area contributed by atoms with Crippen molar-refractivity contribution in [1.82, 2.24) is 10.6 Å². The summed E-state index contributed by atoms with van der Waals surface area (Å²) >= 11 is 1.63. The van der Waals surface area contributed by atoms with E-state index in [-0.39, 0.29) is 12.3 Å². The van der Waals surface area contributed by atoms with Crippen LogP contribution in [0.2, 0.25) is 0 Å². The van der Waals surface area contributed by atoms with Gasteiger partial charge in [0, 0.05) is 23.4 Å². The van der Waals surface area contributed by atoms with E-state index >= 15 is 0 Å². The van der Waals surface area contributed by atoms with Gasteiger partial charge in [0.05, 0.1) is 6.10 Å². The molecule has 152 valence electrons. The molecule has 1 aliphatic carbocycles. The van der Waals surface area contributed by atoms with Crippen LogP contribution in [-0.2, 0) is 9.59 Å². The van der Waals surface area contributed by atoms with Gasteiger partial charge in [0.1, 0.15) is 24.0 Å². The lowest BCUT2D eigenvalue weighted by Gasteiger charge is -2.31. The smallest absolute Gasteiger partial charge is 0.247 e. The number of piperidine rings is 1. The number of aryl methyl sites for hydroxylation is 1. The van der Waals surface area contributed by atoms with Gasteiger partial charge in [-0.15, -0.1) is 11.8 Å². The van der Waals surface area contributed by atoms with E-state index in [4.69, 9.17) is 4.74 Å². The van der Waals surface area contributed by atoms with Crippen LogP contribution in [-0.4, -0.2) is 59.2 Å². The van der Waals surface area contributed by atoms with Crippen LogP contribution < -0.4 is 15.4 Å². The van der Waals surface area contributed by atoms with Crippen molar-refractivity contribution in [3.63, 3.8) is 0 Å². The molecule has 7 nitrogen and oxygen atoms in total. The topological polar surface area (TPSA) is 108 Å². The summed E-state index contributed by atoms with van der Waals surface area (Å²) in [5, 5.41) is 26.0. The molecule has 2 aliphatic rings. The van der Waals surface area contributed by atoms with Gasteiger partial charge in [0.15, 0.2) is 0 Å². The van der Waals surface area contributed by atoms with E-state index in [1.807, 2.05) is 25.3 Å². The first-order chi connectivity index (χ1) is 13.4. The maximum Gasteiger partial charge on any atom is 0.247 e. The lowest BCUT2D eigenvalue weighted by molar-refractivity contribution is -0.129. The number of carbonyl (C=O) groups is 2. The maximum atomic E-state index is 12.6. The van der Waals surface area contributed by atoms with Crippen LogP contribution in [0.1, 0.15) is 24.8 Å². The second kappa shape index (κ2) is 8.98. The minimum absolute atomic E-state index is 0.00559. The average molecular weight is 407 g/mol. The molecule has 4 unspecified atom stereocenters. The lowest BCUT2D eigenvalue weighted by Crippen LogP contribution is -2.51. The monoisotopic (exact) mass is 406 g/mol. The fraction of sp³-hybridized carbons (Fsp3) is 0.500. The molecule has 0 spiro atoms. The molecule has 1 aromatic carbocycles. The molecule has 4 atom stereocenters. The van der Waals surface area contributed by atoms with Crippen molar-refractivity contribution in [1.29, 1.82) is 0 Å². The van der Waals surface area contributed by atoms with Crippen LogP contribution in [0.5, 0.6) is 5.75 Å². The largest absolute Gasteiger partial charge is 0.484 e. The SMILES string of the molecule is CSc1ccc(OC2C=C(C(=O)NC3CCCNC3=O)CC(O)C2O)cc1C. The van der Waals surface area contributed by atoms with Gasteiger partial charge in [-0.05, 0) is 55.9 Å². The number of hydrogen-bond donors (Lipinski definition) is 4. The van der Waals surface area contributed by atoms with E-state index in [0.717, 1.165) is 16.9 Å². The predicted molar refractivity (Wildman–Crippen MR) is 106 cm³/mol. The highest BCUT2D eigenvalue weighted by molar-refractivity contribution is 7.98. The Morgan fingerprint density at radius 3 is 2.82 bits per heavy atom. The number of thioether (sulfide) groups is 1. The van der Waals surface area contributed by atoms with E-state index < -0.39 is 30.3 Å². The molecule has 1 saturated heterocycles. The Hall–Kier alpha value is -2.03. The van der Waals surface area contributed by atoms with E-state index in [1.165, 1.54) is 6.08 Å². The number of hydrogen-bond acceptors (Lipinski definition) is 6. The van der Waals surface area contributed by atoms with E-state index in [9.17, 15) is 19.8 Å². The minimum Gasteiger partial charge on any atom is -0.484 e. The Morgan fingerprint density at radius 2 is 2.14 bits per heavy atom. The maximum absolute atomic E-state index is 12.6. The Morgan fingerprint density at radius 1 is 1.36 bits per heavy atom. The normalized spacial score (nSPS) is 27.6. The van der Waals surface area contributed by atoms with Crippen LogP contribution in [0.25, 0.3) is 0 Å². The van der Waals surface area contributed by atoms with Crippen LogP contribution in [0, 0.1) is 6.92 Å². The standard InChI is InChI=1S/C20H26N2O5S/c1-11-8-13(5-6-17(11)28-2)27-16-10-12(9-15(23)18(16)24)19(25)22-14-4-3-7-21-20(14)26/h5-6,8,10,14-16,18,23-24H,3-4,7,9H2,1-2H3,(H,21,26)(H,22,25). The van der Waals surface area contributed by atoms with Crippen molar-refractivity contribution in [3.05, 3.63) is 35.4 Å². The van der Waals surface area contributed by atoms with Crippen molar-refractivity contribution in [2.45, 2.75) is 55.4 Å². The number of aliphatic hydroxyl groups excluding tert-OH is 2. The van der Waals surface area contributed by atoms with Crippen LogP contribution in [0.15, 0.2) is 34.7 Å². The zero-order valence-corrected chi connectivity index (χ0v) is 16.8. The van der Waals surface area contributed by atoms with Gasteiger partial charge in [0.2, 0.25) is 11.8 Å². The Bertz CT molecular complexity index is 782. The zero-order chi connectivity index (χ0) is 20.3. The second-order valence-electron chi connectivity index (χ2n) is 7.13. The van der Waals surface area contributed by atoms with Crippen molar-refractivity contribution >= 4 is 23.6 Å². The molecule has 2 amide bonds. The number of benzene rings is 1. The highest BCUT2D eigenvalue weighted by Crippen LogP contribution is 2.28. The Balaban J connectivity index is 1.73. The summed E-state index contributed by atoms with van der Waals surface area (Å²) in [7, 11) is 0. The number of amides is 2. The van der Waals surface area contributed by atoms with Crippen molar-refractivity contribution < 1.29 is 24.5 Å². The Labute approximate surface area is 168 Å². The van der Waals surface area contributed by atoms with Gasteiger partial charge in [-0.25, -0.2) is 0 Å². The highest BCUT2D eigenvalue weighted by Gasteiger charge is 2.35. The average Bonchev–Trinajstić information content (AvgIpc) is 2.67. The van der Waals surface area contributed by atoms with Crippen LogP contribution in [0.4, 0.5) is 0 Å². The first kappa shape index (κ1) is 20.7. The third-order valence-corrected chi connectivity index (χ3v) is 5.94. The van der Waals surface area contributed by atoms with Gasteiger partial charge in [-0.1, -0.05) is 0 Å². The first-order valence-electron chi connectivity index (χ1n) is 9.35. The van der Waals surface area contributed by atoms with Gasteiger partial charge in [-0.3, -0.25) is 9.59 Å². The van der Waals surface area contributed by atoms with Gasteiger partial charge >= 0.3 is 0 Å². The molecule has 1 fully saturated rings. The summed E-state index contributed by atoms with van der Waals surface area (Å²) in [6.45, 7) is 2.58. The molecule has 1 heterocycles. The molecule has 1 aromatic rings. The summed E-state index contributed by atoms with van der Waals surface area (Å²) < 4.78 is 5.85. The fourth-order valence-electron chi connectivity index (χ4n) is 3.44. The number of aliphatic hydroxyl groups is 2. The van der Waals surface area contributed by atoms with Gasteiger partial charge < -0.3 is 25.6 Å². The molecule has 0 saturated carbocycles. The summed E-state index contributed by atoms with van der Waals surface area (Å²) in [6, 6.07) is 5.01.